The summed E-state index contributed by atoms with van der Waals surface area (Å²) in [4.78, 5) is 16.1. The summed E-state index contributed by atoms with van der Waals surface area (Å²) >= 11 is 0. The fourth-order valence-corrected chi connectivity index (χ4v) is 12.3. The van der Waals surface area contributed by atoms with E-state index in [1.165, 1.54) is 7.11 Å². The lowest BCUT2D eigenvalue weighted by atomic mass is 9.42. The van der Waals surface area contributed by atoms with Gasteiger partial charge in [-0.25, -0.2) is 4.79 Å². The van der Waals surface area contributed by atoms with Crippen LogP contribution >= 0.6 is 0 Å². The van der Waals surface area contributed by atoms with Gasteiger partial charge in [0, 0.05) is 83.1 Å². The molecule has 1 aliphatic heterocycles. The van der Waals surface area contributed by atoms with E-state index in [4.69, 9.17) is 28.4 Å². The lowest BCUT2D eigenvalue weighted by Gasteiger charge is -2.70. The number of aliphatic hydroxyl groups excluding tert-OH is 2. The minimum Gasteiger partial charge on any atom is -0.455 e. The Morgan fingerprint density at radius 2 is 1.73 bits per heavy atom. The maximum atomic E-state index is 13.7. The van der Waals surface area contributed by atoms with E-state index in [1.54, 1.807) is 52.7 Å². The lowest BCUT2D eigenvalue weighted by Crippen LogP contribution is -2.81. The molecule has 15 atom stereocenters. The molecule has 44 heavy (non-hydrogen) atoms. The number of aliphatic hydroxyl groups is 3. The molecule has 0 amide bonds. The first-order valence-electron chi connectivity index (χ1n) is 15.8. The molecule has 1 unspecified atom stereocenters. The number of ether oxygens (including phenoxy) is 6. The van der Waals surface area contributed by atoms with E-state index in [-0.39, 0.29) is 24.3 Å². The summed E-state index contributed by atoms with van der Waals surface area (Å²) in [6.07, 6.45) is -4.42. The SMILES string of the molecule is CCN1C[C@]2(COC)[C@H](O)C[C@H](OC)[C@@]34[C@@H]5C[C@@]6(O)[C@H](OC(=O)c7ccccc7)[C@@H]5[C@@](OC)(C([C@H](OC)[C@H]23)[C@@H]14)[C@@H](O)[C@@H]6OC. The molecule has 244 valence electrons. The van der Waals surface area contributed by atoms with Crippen molar-refractivity contribution in [2.75, 3.05) is 55.2 Å². The zero-order chi connectivity index (χ0) is 31.4. The molecule has 1 saturated heterocycles. The van der Waals surface area contributed by atoms with Crippen LogP contribution in [0.3, 0.4) is 0 Å². The van der Waals surface area contributed by atoms with Crippen LogP contribution in [0.5, 0.6) is 0 Å². The predicted molar refractivity (Wildman–Crippen MR) is 156 cm³/mol. The molecule has 1 spiro atoms. The molecule has 1 aromatic carbocycles. The highest BCUT2D eigenvalue weighted by atomic mass is 16.6. The number of likely N-dealkylation sites (tertiary alicyclic amines) is 1. The highest BCUT2D eigenvalue weighted by Gasteiger charge is 2.91. The Morgan fingerprint density at radius 1 is 1.00 bits per heavy atom. The second-order valence-electron chi connectivity index (χ2n) is 14.0. The van der Waals surface area contributed by atoms with Crippen molar-refractivity contribution in [2.45, 2.75) is 73.6 Å². The zero-order valence-electron chi connectivity index (χ0n) is 26.4. The largest absolute Gasteiger partial charge is 0.455 e. The third kappa shape index (κ3) is 3.31. The third-order valence-corrected chi connectivity index (χ3v) is 13.2. The van der Waals surface area contributed by atoms with Crippen LogP contribution in [0.15, 0.2) is 30.3 Å². The monoisotopic (exact) mass is 617 g/mol. The Bertz CT molecular complexity index is 1270. The van der Waals surface area contributed by atoms with Gasteiger partial charge in [-0.3, -0.25) is 4.90 Å². The van der Waals surface area contributed by atoms with Crippen molar-refractivity contribution in [3.05, 3.63) is 35.9 Å². The Kier molecular flexibility index (Phi) is 7.33. The summed E-state index contributed by atoms with van der Waals surface area (Å²) < 4.78 is 37.7. The molecule has 6 fully saturated rings. The minimum absolute atomic E-state index is 0.177. The summed E-state index contributed by atoms with van der Waals surface area (Å²) in [6.45, 7) is 3.68. The van der Waals surface area contributed by atoms with Crippen LogP contribution in [0.4, 0.5) is 0 Å². The fourth-order valence-electron chi connectivity index (χ4n) is 12.3. The van der Waals surface area contributed by atoms with Gasteiger partial charge in [-0.05, 0) is 31.0 Å². The smallest absolute Gasteiger partial charge is 0.338 e. The predicted octanol–water partition coefficient (Wildman–Crippen LogP) is 0.731. The number of rotatable bonds is 9. The molecule has 0 radical (unpaired) electrons. The van der Waals surface area contributed by atoms with Gasteiger partial charge in [0.1, 0.15) is 29.5 Å². The molecule has 5 saturated carbocycles. The number of carbonyl (C=O) groups is 1. The molecule has 7 bridgehead atoms. The van der Waals surface area contributed by atoms with E-state index in [1.807, 2.05) is 6.07 Å². The Hall–Kier alpha value is -1.67. The van der Waals surface area contributed by atoms with Crippen LogP contribution in [0, 0.1) is 34.5 Å². The lowest BCUT2D eigenvalue weighted by molar-refractivity contribution is -0.325. The molecule has 6 aliphatic rings. The first-order valence-corrected chi connectivity index (χ1v) is 15.8. The maximum Gasteiger partial charge on any atom is 0.338 e. The van der Waals surface area contributed by atoms with Crippen LogP contribution in [0.2, 0.25) is 0 Å². The average Bonchev–Trinajstić information content (AvgIpc) is 3.40. The molecule has 1 heterocycles. The molecule has 11 heteroatoms. The van der Waals surface area contributed by atoms with Crippen molar-refractivity contribution in [2.24, 2.45) is 34.5 Å². The number of carbonyl (C=O) groups excluding carboxylic acids is 1. The third-order valence-electron chi connectivity index (χ3n) is 13.2. The highest BCUT2D eigenvalue weighted by molar-refractivity contribution is 5.89. The van der Waals surface area contributed by atoms with Crippen LogP contribution in [0.1, 0.15) is 30.1 Å². The number of nitrogens with zero attached hydrogens (tertiary/aromatic N) is 1. The van der Waals surface area contributed by atoms with Gasteiger partial charge in [-0.1, -0.05) is 25.1 Å². The van der Waals surface area contributed by atoms with Crippen molar-refractivity contribution >= 4 is 5.97 Å². The maximum absolute atomic E-state index is 13.7. The number of hydrogen-bond acceptors (Lipinski definition) is 11. The van der Waals surface area contributed by atoms with E-state index in [9.17, 15) is 20.1 Å². The highest BCUT2D eigenvalue weighted by Crippen LogP contribution is 2.80. The van der Waals surface area contributed by atoms with Gasteiger partial charge in [-0.2, -0.15) is 0 Å². The molecule has 0 aromatic heterocycles. The summed E-state index contributed by atoms with van der Waals surface area (Å²) in [5.41, 5.74) is -4.01. The van der Waals surface area contributed by atoms with Gasteiger partial charge < -0.3 is 43.7 Å². The van der Waals surface area contributed by atoms with Gasteiger partial charge in [-0.15, -0.1) is 0 Å². The van der Waals surface area contributed by atoms with Crippen LogP contribution in [0.25, 0.3) is 0 Å². The van der Waals surface area contributed by atoms with Gasteiger partial charge in [0.2, 0.25) is 0 Å². The number of methoxy groups -OCH3 is 5. The normalized spacial score (nSPS) is 51.8. The number of esters is 1. The topological polar surface area (TPSA) is 136 Å². The molecule has 3 N–H and O–H groups in total. The standard InChI is InChI=1S/C33H47NO10/c1-7-34-15-30(16-39-2)19(35)13-20(40-3)32-18-14-31(38)27(44-29(37)17-11-9-8-10-12-17)21(18)33(43-6,26(36)28(31)42-5)22(25(32)34)23(41-4)24(30)32/h8-12,18-28,35-36,38H,7,13-16H2,1-6H3/t18-,19-,20+,21-,22?,23+,24-,25-,26+,27-,28+,30+,31-,32+,33-/m1/s1. The summed E-state index contributed by atoms with van der Waals surface area (Å²) in [5.74, 6) is -2.20. The van der Waals surface area contributed by atoms with Crippen molar-refractivity contribution in [3.8, 4) is 0 Å². The zero-order valence-corrected chi connectivity index (χ0v) is 26.4. The average molecular weight is 618 g/mol. The summed E-state index contributed by atoms with van der Waals surface area (Å²) in [7, 11) is 8.09. The molecule has 5 aliphatic carbocycles. The first-order chi connectivity index (χ1) is 21.1. The molecular weight excluding hydrogens is 570 g/mol. The van der Waals surface area contributed by atoms with Gasteiger partial charge in [0.25, 0.3) is 0 Å². The van der Waals surface area contributed by atoms with Crippen LogP contribution < -0.4 is 0 Å². The Balaban J connectivity index is 1.50. The van der Waals surface area contributed by atoms with Crippen molar-refractivity contribution in [3.63, 3.8) is 0 Å². The van der Waals surface area contributed by atoms with Crippen molar-refractivity contribution in [1.29, 1.82) is 0 Å². The van der Waals surface area contributed by atoms with Gasteiger partial charge >= 0.3 is 5.97 Å². The van der Waals surface area contributed by atoms with E-state index in [2.05, 4.69) is 11.8 Å². The number of benzene rings is 1. The summed E-state index contributed by atoms with van der Waals surface area (Å²) in [5, 5.41) is 37.1. The molecular formula is C33H47NO10. The Morgan fingerprint density at radius 3 is 2.32 bits per heavy atom. The minimum atomic E-state index is -1.71. The van der Waals surface area contributed by atoms with Gasteiger partial charge in [0.15, 0.2) is 0 Å². The van der Waals surface area contributed by atoms with E-state index >= 15 is 0 Å². The summed E-state index contributed by atoms with van der Waals surface area (Å²) in [6, 6.07) is 8.55. The van der Waals surface area contributed by atoms with Crippen LogP contribution in [-0.2, 0) is 28.4 Å². The van der Waals surface area contributed by atoms with Gasteiger partial charge in [0.05, 0.1) is 30.5 Å². The van der Waals surface area contributed by atoms with E-state index < -0.39 is 76.5 Å². The Labute approximate surface area is 258 Å². The van der Waals surface area contributed by atoms with E-state index in [0.29, 0.717) is 31.7 Å². The fraction of sp³-hybridized carbons (Fsp3) is 0.788. The molecule has 11 nitrogen and oxygen atoms in total. The van der Waals surface area contributed by atoms with Crippen LogP contribution in [-0.4, -0.2) is 135 Å². The van der Waals surface area contributed by atoms with Crippen molar-refractivity contribution in [1.82, 2.24) is 4.90 Å². The first kappa shape index (κ1) is 31.0. The number of hydrogen-bond donors (Lipinski definition) is 3. The number of piperidine rings is 1. The molecule has 7 rings (SSSR count). The van der Waals surface area contributed by atoms with Crippen molar-refractivity contribution < 1.29 is 48.5 Å². The molecule has 1 aromatic rings. The quantitative estimate of drug-likeness (QED) is 0.339. The van der Waals surface area contributed by atoms with E-state index in [0.717, 1.165) is 0 Å². The second-order valence-corrected chi connectivity index (χ2v) is 14.0. The number of fused-ring (bicyclic) bond motifs is 2. The second kappa shape index (κ2) is 10.4.